The number of hydrogen-bond donors (Lipinski definition) is 0. The van der Waals surface area contributed by atoms with Crippen LogP contribution in [0.2, 0.25) is 0 Å². The zero-order chi connectivity index (χ0) is 11.5. The van der Waals surface area contributed by atoms with Crippen LogP contribution in [0, 0.1) is 13.8 Å². The lowest BCUT2D eigenvalue weighted by Crippen LogP contribution is -2.00. The van der Waals surface area contributed by atoms with Crippen LogP contribution in [0.1, 0.15) is 18.2 Å². The van der Waals surface area contributed by atoms with Gasteiger partial charge in [0.25, 0.3) is 0 Å². The molecule has 2 rings (SSSR count). The molecule has 84 valence electrons. The average molecular weight is 216 g/mol. The molecule has 0 saturated carbocycles. The van der Waals surface area contributed by atoms with Crippen molar-refractivity contribution in [3.05, 3.63) is 41.7 Å². The molecule has 3 nitrogen and oxygen atoms in total. The molecule has 3 heteroatoms. The summed E-state index contributed by atoms with van der Waals surface area (Å²) in [5.41, 5.74) is 2.34. The van der Waals surface area contributed by atoms with Crippen LogP contribution in [0.3, 0.4) is 0 Å². The van der Waals surface area contributed by atoms with Gasteiger partial charge in [-0.3, -0.25) is 4.57 Å². The molecule has 16 heavy (non-hydrogen) atoms. The Bertz CT molecular complexity index is 471. The minimum atomic E-state index is 0.656. The maximum atomic E-state index is 5.73. The topological polar surface area (TPSA) is 27.1 Å². The van der Waals surface area contributed by atoms with Crippen LogP contribution in [0.4, 0.5) is 0 Å². The lowest BCUT2D eigenvalue weighted by Gasteiger charge is -2.08. The number of hydrogen-bond acceptors (Lipinski definition) is 2. The molecule has 0 saturated heterocycles. The SMILES string of the molecule is CCn1c(C)cnc1Oc1ccc(C)cc1. The summed E-state index contributed by atoms with van der Waals surface area (Å²) in [6, 6.07) is 8.63. The van der Waals surface area contributed by atoms with Gasteiger partial charge in [-0.1, -0.05) is 17.7 Å². The summed E-state index contributed by atoms with van der Waals surface area (Å²) in [6.45, 7) is 7.03. The van der Waals surface area contributed by atoms with E-state index in [1.807, 2.05) is 42.0 Å². The van der Waals surface area contributed by atoms with Crippen LogP contribution < -0.4 is 4.74 Å². The van der Waals surface area contributed by atoms with E-state index >= 15 is 0 Å². The van der Waals surface area contributed by atoms with Gasteiger partial charge in [0.1, 0.15) is 5.75 Å². The summed E-state index contributed by atoms with van der Waals surface area (Å²) >= 11 is 0. The van der Waals surface area contributed by atoms with Crippen LogP contribution >= 0.6 is 0 Å². The second-order valence-corrected chi connectivity index (χ2v) is 3.84. The summed E-state index contributed by atoms with van der Waals surface area (Å²) < 4.78 is 7.77. The molecular formula is C13H16N2O. The highest BCUT2D eigenvalue weighted by Gasteiger charge is 2.06. The van der Waals surface area contributed by atoms with Crippen LogP contribution in [-0.2, 0) is 6.54 Å². The first-order chi connectivity index (χ1) is 7.70. The zero-order valence-electron chi connectivity index (χ0n) is 9.90. The number of nitrogens with zero attached hydrogens (tertiary/aromatic N) is 2. The van der Waals surface area contributed by atoms with Crippen molar-refractivity contribution < 1.29 is 4.74 Å². The van der Waals surface area contributed by atoms with Gasteiger partial charge < -0.3 is 4.74 Å². The van der Waals surface area contributed by atoms with Crippen molar-refractivity contribution in [1.82, 2.24) is 9.55 Å². The van der Waals surface area contributed by atoms with Crippen molar-refractivity contribution in [2.75, 3.05) is 0 Å². The molecule has 1 aromatic carbocycles. The Kier molecular flexibility index (Phi) is 2.95. The predicted molar refractivity (Wildman–Crippen MR) is 63.9 cm³/mol. The van der Waals surface area contributed by atoms with Crippen LogP contribution in [-0.4, -0.2) is 9.55 Å². The number of aromatic nitrogens is 2. The Morgan fingerprint density at radius 1 is 1.19 bits per heavy atom. The number of imidazole rings is 1. The fourth-order valence-electron chi connectivity index (χ4n) is 1.62. The molecule has 0 fully saturated rings. The Labute approximate surface area is 95.7 Å². The van der Waals surface area contributed by atoms with E-state index in [1.54, 1.807) is 0 Å². The number of benzene rings is 1. The van der Waals surface area contributed by atoms with Gasteiger partial charge in [-0.2, -0.15) is 0 Å². The monoisotopic (exact) mass is 216 g/mol. The smallest absolute Gasteiger partial charge is 0.302 e. The Hall–Kier alpha value is -1.77. The van der Waals surface area contributed by atoms with Crippen molar-refractivity contribution >= 4 is 0 Å². The molecule has 1 heterocycles. The molecule has 0 bridgehead atoms. The number of rotatable bonds is 3. The Morgan fingerprint density at radius 2 is 1.88 bits per heavy atom. The van der Waals surface area contributed by atoms with Gasteiger partial charge in [0.05, 0.1) is 6.20 Å². The van der Waals surface area contributed by atoms with E-state index in [-0.39, 0.29) is 0 Å². The Balaban J connectivity index is 2.23. The van der Waals surface area contributed by atoms with Gasteiger partial charge in [0.15, 0.2) is 0 Å². The first-order valence-electron chi connectivity index (χ1n) is 5.47. The summed E-state index contributed by atoms with van der Waals surface area (Å²) in [6.07, 6.45) is 1.83. The first-order valence-corrected chi connectivity index (χ1v) is 5.47. The Morgan fingerprint density at radius 3 is 2.50 bits per heavy atom. The summed E-state index contributed by atoms with van der Waals surface area (Å²) in [4.78, 5) is 4.25. The summed E-state index contributed by atoms with van der Waals surface area (Å²) in [7, 11) is 0. The van der Waals surface area contributed by atoms with Crippen molar-refractivity contribution in [2.24, 2.45) is 0 Å². The van der Waals surface area contributed by atoms with Gasteiger partial charge in [-0.05, 0) is 32.9 Å². The quantitative estimate of drug-likeness (QED) is 0.787. The molecule has 0 aliphatic heterocycles. The average Bonchev–Trinajstić information content (AvgIpc) is 2.63. The van der Waals surface area contributed by atoms with Crippen molar-refractivity contribution in [3.8, 4) is 11.8 Å². The lowest BCUT2D eigenvalue weighted by molar-refractivity contribution is 0.413. The van der Waals surface area contributed by atoms with Gasteiger partial charge in [-0.25, -0.2) is 4.98 Å². The van der Waals surface area contributed by atoms with Gasteiger partial charge >= 0.3 is 6.01 Å². The minimum Gasteiger partial charge on any atom is -0.426 e. The molecule has 0 aliphatic rings. The van der Waals surface area contributed by atoms with E-state index in [1.165, 1.54) is 5.56 Å². The number of ether oxygens (including phenoxy) is 1. The maximum absolute atomic E-state index is 5.73. The number of aryl methyl sites for hydroxylation is 2. The first kappa shape index (κ1) is 10.7. The van der Waals surface area contributed by atoms with E-state index in [0.717, 1.165) is 18.0 Å². The fraction of sp³-hybridized carbons (Fsp3) is 0.308. The van der Waals surface area contributed by atoms with Crippen LogP contribution in [0.25, 0.3) is 0 Å². The molecule has 0 aliphatic carbocycles. The third kappa shape index (κ3) is 2.08. The van der Waals surface area contributed by atoms with Gasteiger partial charge in [-0.15, -0.1) is 0 Å². The van der Waals surface area contributed by atoms with E-state index in [0.29, 0.717) is 6.01 Å². The molecule has 0 radical (unpaired) electrons. The predicted octanol–water partition coefficient (Wildman–Crippen LogP) is 3.31. The van der Waals surface area contributed by atoms with Gasteiger partial charge in [0, 0.05) is 12.2 Å². The van der Waals surface area contributed by atoms with Gasteiger partial charge in [0.2, 0.25) is 0 Å². The van der Waals surface area contributed by atoms with Crippen LogP contribution in [0.15, 0.2) is 30.5 Å². The molecule has 0 amide bonds. The zero-order valence-corrected chi connectivity index (χ0v) is 9.90. The molecule has 2 aromatic rings. The van der Waals surface area contributed by atoms with Crippen molar-refractivity contribution in [2.45, 2.75) is 27.3 Å². The molecule has 0 spiro atoms. The van der Waals surface area contributed by atoms with E-state index < -0.39 is 0 Å². The molecular weight excluding hydrogens is 200 g/mol. The third-order valence-corrected chi connectivity index (χ3v) is 2.56. The molecule has 0 unspecified atom stereocenters. The second-order valence-electron chi connectivity index (χ2n) is 3.84. The van der Waals surface area contributed by atoms with Crippen LogP contribution in [0.5, 0.6) is 11.8 Å². The van der Waals surface area contributed by atoms with E-state index in [9.17, 15) is 0 Å². The highest BCUT2D eigenvalue weighted by Crippen LogP contribution is 2.21. The van der Waals surface area contributed by atoms with Crippen molar-refractivity contribution in [1.29, 1.82) is 0 Å². The van der Waals surface area contributed by atoms with E-state index in [2.05, 4.69) is 18.8 Å². The largest absolute Gasteiger partial charge is 0.426 e. The normalized spacial score (nSPS) is 10.4. The molecule has 0 N–H and O–H groups in total. The van der Waals surface area contributed by atoms with E-state index in [4.69, 9.17) is 4.74 Å². The lowest BCUT2D eigenvalue weighted by atomic mass is 10.2. The third-order valence-electron chi connectivity index (χ3n) is 2.56. The standard InChI is InChI=1S/C13H16N2O/c1-4-15-11(3)9-14-13(15)16-12-7-5-10(2)6-8-12/h5-9H,4H2,1-3H3. The second kappa shape index (κ2) is 4.39. The summed E-state index contributed by atoms with van der Waals surface area (Å²) in [5.74, 6) is 0.825. The fourth-order valence-corrected chi connectivity index (χ4v) is 1.62. The highest BCUT2D eigenvalue weighted by atomic mass is 16.5. The summed E-state index contributed by atoms with van der Waals surface area (Å²) in [5, 5.41) is 0. The van der Waals surface area contributed by atoms with Crippen molar-refractivity contribution in [3.63, 3.8) is 0 Å². The molecule has 0 atom stereocenters. The minimum absolute atomic E-state index is 0.656. The highest BCUT2D eigenvalue weighted by molar-refractivity contribution is 5.29. The maximum Gasteiger partial charge on any atom is 0.302 e. The molecule has 1 aromatic heterocycles.